The van der Waals surface area contributed by atoms with Crippen LogP contribution in [-0.2, 0) is 9.59 Å². The second kappa shape index (κ2) is 5.00. The summed E-state index contributed by atoms with van der Waals surface area (Å²) in [6.45, 7) is 3.40. The Hall–Kier alpha value is -2.15. The van der Waals surface area contributed by atoms with Crippen molar-refractivity contribution in [2.75, 3.05) is 5.32 Å². The number of halogens is 1. The standard InChI is InChI=1S/C13H13ClN2O5/c1-13(2)9(10(13)12(18)19)11(17)15-8-4-3-6(16(20)21)5-7(8)14/h3-5,9-10H,1-2H3,(H,15,17)(H,18,19)/t9-,10+/m1/s1. The molecule has 2 rings (SSSR count). The van der Waals surface area contributed by atoms with Gasteiger partial charge in [-0.2, -0.15) is 0 Å². The van der Waals surface area contributed by atoms with E-state index in [0.29, 0.717) is 0 Å². The van der Waals surface area contributed by atoms with Crippen molar-refractivity contribution in [3.63, 3.8) is 0 Å². The molecule has 2 N–H and O–H groups in total. The highest BCUT2D eigenvalue weighted by molar-refractivity contribution is 6.34. The van der Waals surface area contributed by atoms with E-state index in [9.17, 15) is 19.7 Å². The van der Waals surface area contributed by atoms with Crippen molar-refractivity contribution in [2.24, 2.45) is 17.3 Å². The average Bonchev–Trinajstić information content (AvgIpc) is 2.95. The third-order valence-electron chi connectivity index (χ3n) is 3.80. The van der Waals surface area contributed by atoms with Gasteiger partial charge in [0.2, 0.25) is 5.91 Å². The van der Waals surface area contributed by atoms with Crippen molar-refractivity contribution in [3.8, 4) is 0 Å². The molecule has 0 aromatic heterocycles. The van der Waals surface area contributed by atoms with Gasteiger partial charge in [0.25, 0.3) is 5.69 Å². The van der Waals surface area contributed by atoms with Crippen LogP contribution in [0.4, 0.5) is 11.4 Å². The Kier molecular flexibility index (Phi) is 3.63. The first-order valence-corrected chi connectivity index (χ1v) is 6.51. The molecule has 112 valence electrons. The maximum Gasteiger partial charge on any atom is 0.307 e. The quantitative estimate of drug-likeness (QED) is 0.655. The number of nitro benzene ring substituents is 1. The average molecular weight is 313 g/mol. The van der Waals surface area contributed by atoms with Gasteiger partial charge >= 0.3 is 5.97 Å². The molecule has 21 heavy (non-hydrogen) atoms. The van der Waals surface area contributed by atoms with E-state index in [1.165, 1.54) is 12.1 Å². The molecular weight excluding hydrogens is 300 g/mol. The van der Waals surface area contributed by atoms with Gasteiger partial charge in [-0.05, 0) is 11.5 Å². The number of anilines is 1. The van der Waals surface area contributed by atoms with Crippen molar-refractivity contribution in [1.82, 2.24) is 0 Å². The lowest BCUT2D eigenvalue weighted by Crippen LogP contribution is -2.18. The van der Waals surface area contributed by atoms with Gasteiger partial charge in [0.15, 0.2) is 0 Å². The van der Waals surface area contributed by atoms with Crippen molar-refractivity contribution < 1.29 is 19.6 Å². The number of nitro groups is 1. The van der Waals surface area contributed by atoms with Crippen molar-refractivity contribution in [3.05, 3.63) is 33.3 Å². The molecule has 7 nitrogen and oxygen atoms in total. The van der Waals surface area contributed by atoms with Gasteiger partial charge in [-0.1, -0.05) is 25.4 Å². The molecule has 0 radical (unpaired) electrons. The molecule has 1 aromatic carbocycles. The Morgan fingerprint density at radius 2 is 2.00 bits per heavy atom. The van der Waals surface area contributed by atoms with E-state index in [-0.39, 0.29) is 16.4 Å². The van der Waals surface area contributed by atoms with Gasteiger partial charge in [-0.25, -0.2) is 0 Å². The topological polar surface area (TPSA) is 110 Å². The third-order valence-corrected chi connectivity index (χ3v) is 4.11. The van der Waals surface area contributed by atoms with E-state index < -0.39 is 34.1 Å². The van der Waals surface area contributed by atoms with Crippen LogP contribution in [-0.4, -0.2) is 21.9 Å². The maximum atomic E-state index is 12.1. The summed E-state index contributed by atoms with van der Waals surface area (Å²) in [6, 6.07) is 3.67. The number of nitrogens with zero attached hydrogens (tertiary/aromatic N) is 1. The number of carboxylic acids is 1. The van der Waals surface area contributed by atoms with Gasteiger partial charge in [0.1, 0.15) is 0 Å². The van der Waals surface area contributed by atoms with Crippen LogP contribution in [0.1, 0.15) is 13.8 Å². The summed E-state index contributed by atoms with van der Waals surface area (Å²) < 4.78 is 0. The highest BCUT2D eigenvalue weighted by Gasteiger charge is 2.65. The van der Waals surface area contributed by atoms with E-state index in [2.05, 4.69) is 5.32 Å². The van der Waals surface area contributed by atoms with Crippen LogP contribution in [0, 0.1) is 27.4 Å². The van der Waals surface area contributed by atoms with E-state index in [1.54, 1.807) is 13.8 Å². The maximum absolute atomic E-state index is 12.1. The lowest BCUT2D eigenvalue weighted by molar-refractivity contribution is -0.384. The fourth-order valence-corrected chi connectivity index (χ4v) is 2.74. The van der Waals surface area contributed by atoms with Crippen molar-refractivity contribution in [2.45, 2.75) is 13.8 Å². The minimum Gasteiger partial charge on any atom is -0.481 e. The zero-order valence-electron chi connectivity index (χ0n) is 11.3. The van der Waals surface area contributed by atoms with E-state index in [0.717, 1.165) is 6.07 Å². The van der Waals surface area contributed by atoms with Crippen LogP contribution in [0.5, 0.6) is 0 Å². The number of hydrogen-bond acceptors (Lipinski definition) is 4. The Labute approximate surface area is 125 Å². The van der Waals surface area contributed by atoms with E-state index in [4.69, 9.17) is 16.7 Å². The van der Waals surface area contributed by atoms with Gasteiger partial charge in [0, 0.05) is 12.1 Å². The van der Waals surface area contributed by atoms with Crippen LogP contribution in [0.25, 0.3) is 0 Å². The second-order valence-corrected chi connectivity index (χ2v) is 5.93. The summed E-state index contributed by atoms with van der Waals surface area (Å²) in [5.74, 6) is -2.87. The fourth-order valence-electron chi connectivity index (χ4n) is 2.52. The first-order chi connectivity index (χ1) is 9.66. The van der Waals surface area contributed by atoms with Crippen LogP contribution in [0.15, 0.2) is 18.2 Å². The summed E-state index contributed by atoms with van der Waals surface area (Å²) in [7, 11) is 0. The molecule has 1 amide bonds. The molecule has 2 atom stereocenters. The molecule has 0 bridgehead atoms. The summed E-state index contributed by atoms with van der Waals surface area (Å²) in [4.78, 5) is 33.2. The molecule has 1 fully saturated rings. The number of hydrogen-bond donors (Lipinski definition) is 2. The van der Waals surface area contributed by atoms with Crippen molar-refractivity contribution >= 4 is 34.9 Å². The number of carboxylic acid groups (broad SMARTS) is 1. The summed E-state index contributed by atoms with van der Waals surface area (Å²) in [6.07, 6.45) is 0. The van der Waals surface area contributed by atoms with Gasteiger partial charge in [-0.15, -0.1) is 0 Å². The summed E-state index contributed by atoms with van der Waals surface area (Å²) >= 11 is 5.88. The van der Waals surface area contributed by atoms with Crippen LogP contribution in [0.3, 0.4) is 0 Å². The molecule has 1 saturated carbocycles. The fraction of sp³-hybridized carbons (Fsp3) is 0.385. The van der Waals surface area contributed by atoms with Crippen molar-refractivity contribution in [1.29, 1.82) is 0 Å². The Morgan fingerprint density at radius 3 is 2.43 bits per heavy atom. The van der Waals surface area contributed by atoms with Crippen LogP contribution in [0.2, 0.25) is 5.02 Å². The Bertz CT molecular complexity index is 643. The minimum absolute atomic E-state index is 0.0304. The largest absolute Gasteiger partial charge is 0.481 e. The van der Waals surface area contributed by atoms with E-state index >= 15 is 0 Å². The monoisotopic (exact) mass is 312 g/mol. The molecule has 0 heterocycles. The number of carbonyl (C=O) groups excluding carboxylic acids is 1. The lowest BCUT2D eigenvalue weighted by Gasteiger charge is -2.07. The Balaban J connectivity index is 2.15. The highest BCUT2D eigenvalue weighted by Crippen LogP contribution is 2.58. The number of rotatable bonds is 4. The van der Waals surface area contributed by atoms with Crippen LogP contribution < -0.4 is 5.32 Å². The minimum atomic E-state index is -1.02. The molecule has 0 spiro atoms. The number of amides is 1. The molecule has 1 aliphatic carbocycles. The molecule has 8 heteroatoms. The number of nitrogens with one attached hydrogen (secondary N) is 1. The van der Waals surface area contributed by atoms with Gasteiger partial charge < -0.3 is 10.4 Å². The molecular formula is C13H13ClN2O5. The number of aliphatic carboxylic acids is 1. The second-order valence-electron chi connectivity index (χ2n) is 5.53. The molecule has 0 aliphatic heterocycles. The zero-order valence-corrected chi connectivity index (χ0v) is 12.0. The first-order valence-electron chi connectivity index (χ1n) is 6.14. The highest BCUT2D eigenvalue weighted by atomic mass is 35.5. The Morgan fingerprint density at radius 1 is 1.38 bits per heavy atom. The zero-order chi connectivity index (χ0) is 15.9. The van der Waals surface area contributed by atoms with E-state index in [1.807, 2.05) is 0 Å². The normalized spacial score (nSPS) is 22.4. The number of benzene rings is 1. The first kappa shape index (κ1) is 15.2. The molecule has 1 aromatic rings. The molecule has 0 saturated heterocycles. The number of non-ortho nitro benzene ring substituents is 1. The summed E-state index contributed by atoms with van der Waals surface area (Å²) in [5.41, 5.74) is -0.587. The lowest BCUT2D eigenvalue weighted by atomic mass is 10.1. The molecule has 1 aliphatic rings. The number of carbonyl (C=O) groups is 2. The smallest absolute Gasteiger partial charge is 0.307 e. The predicted molar refractivity (Wildman–Crippen MR) is 75.1 cm³/mol. The van der Waals surface area contributed by atoms with Crippen LogP contribution >= 0.6 is 11.6 Å². The van der Waals surface area contributed by atoms with Gasteiger partial charge in [-0.3, -0.25) is 19.7 Å². The summed E-state index contributed by atoms with van der Waals surface area (Å²) in [5, 5.41) is 22.2. The SMILES string of the molecule is CC1(C)[C@H](C(=O)O)[C@@H]1C(=O)Nc1ccc([N+](=O)[O-])cc1Cl. The molecule has 0 unspecified atom stereocenters. The van der Waals surface area contributed by atoms with Gasteiger partial charge in [0.05, 0.1) is 27.5 Å². The third kappa shape index (κ3) is 2.69. The predicted octanol–water partition coefficient (Wildman–Crippen LogP) is 2.54.